The largest absolute Gasteiger partial charge is 0.324 e. The zero-order valence-corrected chi connectivity index (χ0v) is 11.2. The van der Waals surface area contributed by atoms with E-state index in [1.807, 2.05) is 0 Å². The van der Waals surface area contributed by atoms with Crippen LogP contribution in [0.5, 0.6) is 0 Å². The van der Waals surface area contributed by atoms with Gasteiger partial charge >= 0.3 is 0 Å². The summed E-state index contributed by atoms with van der Waals surface area (Å²) in [4.78, 5) is 0. The Labute approximate surface area is 101 Å². The van der Waals surface area contributed by atoms with Crippen molar-refractivity contribution in [2.24, 2.45) is 5.73 Å². The van der Waals surface area contributed by atoms with E-state index >= 15 is 0 Å². The first-order valence-electron chi connectivity index (χ1n) is 5.66. The van der Waals surface area contributed by atoms with Gasteiger partial charge in [-0.3, -0.25) is 0 Å². The average molecular weight is 270 g/mol. The summed E-state index contributed by atoms with van der Waals surface area (Å²) in [6.45, 7) is 4.32. The molecular weight excluding hydrogens is 250 g/mol. The summed E-state index contributed by atoms with van der Waals surface area (Å²) >= 11 is 3.51. The van der Waals surface area contributed by atoms with Crippen LogP contribution in [0, 0.1) is 6.92 Å². The van der Waals surface area contributed by atoms with Crippen molar-refractivity contribution in [1.82, 2.24) is 0 Å². The number of hydrogen-bond acceptors (Lipinski definition) is 1. The SMILES string of the molecule is CCCCCC(N)c1cc(C)cc(Br)c1. The molecule has 0 fully saturated rings. The second-order valence-electron chi connectivity index (χ2n) is 4.16. The molecule has 0 aliphatic heterocycles. The third-order valence-corrected chi connectivity index (χ3v) is 3.07. The van der Waals surface area contributed by atoms with Crippen LogP contribution in [0.2, 0.25) is 0 Å². The summed E-state index contributed by atoms with van der Waals surface area (Å²) < 4.78 is 1.13. The Bertz CT molecular complexity index is 289. The first-order chi connectivity index (χ1) is 7.13. The lowest BCUT2D eigenvalue weighted by Gasteiger charge is -2.13. The molecule has 1 aromatic rings. The van der Waals surface area contributed by atoms with E-state index in [1.165, 1.54) is 30.4 Å². The first-order valence-corrected chi connectivity index (χ1v) is 6.45. The van der Waals surface area contributed by atoms with E-state index in [2.05, 4.69) is 48.0 Å². The Morgan fingerprint density at radius 1 is 1.27 bits per heavy atom. The van der Waals surface area contributed by atoms with Crippen molar-refractivity contribution >= 4 is 15.9 Å². The lowest BCUT2D eigenvalue weighted by molar-refractivity contribution is 0.581. The standard InChI is InChI=1S/C13H20BrN/c1-3-4-5-6-13(15)11-7-10(2)8-12(14)9-11/h7-9,13H,3-6,15H2,1-2H3. The number of rotatable bonds is 5. The highest BCUT2D eigenvalue weighted by Gasteiger charge is 2.06. The van der Waals surface area contributed by atoms with E-state index in [0.717, 1.165) is 10.9 Å². The van der Waals surface area contributed by atoms with E-state index in [1.54, 1.807) is 0 Å². The number of nitrogens with two attached hydrogens (primary N) is 1. The van der Waals surface area contributed by atoms with Crippen LogP contribution in [-0.2, 0) is 0 Å². The molecule has 1 unspecified atom stereocenters. The van der Waals surface area contributed by atoms with Crippen LogP contribution in [0.25, 0.3) is 0 Å². The molecule has 1 aromatic carbocycles. The fraction of sp³-hybridized carbons (Fsp3) is 0.538. The van der Waals surface area contributed by atoms with E-state index < -0.39 is 0 Å². The molecule has 1 rings (SSSR count). The first kappa shape index (κ1) is 12.7. The van der Waals surface area contributed by atoms with Gasteiger partial charge in [0.25, 0.3) is 0 Å². The topological polar surface area (TPSA) is 26.0 Å². The van der Waals surface area contributed by atoms with Crippen LogP contribution in [-0.4, -0.2) is 0 Å². The molecule has 0 saturated carbocycles. The Balaban J connectivity index is 2.60. The van der Waals surface area contributed by atoms with Gasteiger partial charge in [0.05, 0.1) is 0 Å². The summed E-state index contributed by atoms with van der Waals surface area (Å²) in [5.41, 5.74) is 8.67. The van der Waals surface area contributed by atoms with E-state index in [4.69, 9.17) is 5.73 Å². The van der Waals surface area contributed by atoms with Gasteiger partial charge in [-0.05, 0) is 36.6 Å². The predicted molar refractivity (Wildman–Crippen MR) is 69.9 cm³/mol. The van der Waals surface area contributed by atoms with Gasteiger partial charge < -0.3 is 5.73 Å². The van der Waals surface area contributed by atoms with Gasteiger partial charge in [0.15, 0.2) is 0 Å². The van der Waals surface area contributed by atoms with Crippen molar-refractivity contribution in [3.05, 3.63) is 33.8 Å². The molecule has 0 saturated heterocycles. The minimum atomic E-state index is 0.188. The molecule has 0 aliphatic rings. The highest BCUT2D eigenvalue weighted by molar-refractivity contribution is 9.10. The van der Waals surface area contributed by atoms with Gasteiger partial charge in [-0.25, -0.2) is 0 Å². The molecule has 0 aliphatic carbocycles. The lowest BCUT2D eigenvalue weighted by Crippen LogP contribution is -2.10. The maximum atomic E-state index is 6.15. The fourth-order valence-corrected chi connectivity index (χ4v) is 2.39. The van der Waals surface area contributed by atoms with Crippen LogP contribution in [0.3, 0.4) is 0 Å². The minimum absolute atomic E-state index is 0.188. The highest BCUT2D eigenvalue weighted by Crippen LogP contribution is 2.22. The monoisotopic (exact) mass is 269 g/mol. The highest BCUT2D eigenvalue weighted by atomic mass is 79.9. The third-order valence-electron chi connectivity index (χ3n) is 2.61. The number of benzene rings is 1. The molecule has 0 bridgehead atoms. The van der Waals surface area contributed by atoms with E-state index in [0.29, 0.717) is 0 Å². The molecule has 0 spiro atoms. The summed E-state index contributed by atoms with van der Waals surface area (Å²) in [5, 5.41) is 0. The molecule has 2 N–H and O–H groups in total. The molecular formula is C13H20BrN. The van der Waals surface area contributed by atoms with Gasteiger partial charge in [-0.15, -0.1) is 0 Å². The van der Waals surface area contributed by atoms with Crippen LogP contribution in [0.4, 0.5) is 0 Å². The normalized spacial score (nSPS) is 12.8. The van der Waals surface area contributed by atoms with Crippen LogP contribution >= 0.6 is 15.9 Å². The van der Waals surface area contributed by atoms with Crippen molar-refractivity contribution in [2.75, 3.05) is 0 Å². The Hall–Kier alpha value is -0.340. The summed E-state index contributed by atoms with van der Waals surface area (Å²) in [5.74, 6) is 0. The van der Waals surface area contributed by atoms with Gasteiger partial charge in [0.2, 0.25) is 0 Å². The van der Waals surface area contributed by atoms with Crippen molar-refractivity contribution < 1.29 is 0 Å². The van der Waals surface area contributed by atoms with Gasteiger partial charge in [-0.1, -0.05) is 48.2 Å². The van der Waals surface area contributed by atoms with Crippen molar-refractivity contribution in [3.8, 4) is 0 Å². The van der Waals surface area contributed by atoms with E-state index in [9.17, 15) is 0 Å². The van der Waals surface area contributed by atoms with Crippen molar-refractivity contribution in [1.29, 1.82) is 0 Å². The molecule has 2 heteroatoms. The van der Waals surface area contributed by atoms with Crippen LogP contribution < -0.4 is 5.73 Å². The maximum absolute atomic E-state index is 6.15. The lowest BCUT2D eigenvalue weighted by atomic mass is 10.00. The minimum Gasteiger partial charge on any atom is -0.324 e. The zero-order valence-electron chi connectivity index (χ0n) is 9.59. The van der Waals surface area contributed by atoms with Gasteiger partial charge in [0, 0.05) is 10.5 Å². The van der Waals surface area contributed by atoms with Crippen molar-refractivity contribution in [2.45, 2.75) is 45.6 Å². The Kier molecular flexibility index (Phi) is 5.34. The fourth-order valence-electron chi connectivity index (χ4n) is 1.76. The average Bonchev–Trinajstić information content (AvgIpc) is 2.16. The van der Waals surface area contributed by atoms with Gasteiger partial charge in [-0.2, -0.15) is 0 Å². The molecule has 1 atom stereocenters. The Morgan fingerprint density at radius 2 is 2.00 bits per heavy atom. The summed E-state index contributed by atoms with van der Waals surface area (Å²) in [6, 6.07) is 6.61. The number of aryl methyl sites for hydroxylation is 1. The number of halogens is 1. The Morgan fingerprint density at radius 3 is 2.60 bits per heavy atom. The smallest absolute Gasteiger partial charge is 0.0295 e. The molecule has 0 aromatic heterocycles. The molecule has 15 heavy (non-hydrogen) atoms. The molecule has 0 heterocycles. The number of unbranched alkanes of at least 4 members (excludes halogenated alkanes) is 2. The van der Waals surface area contributed by atoms with E-state index in [-0.39, 0.29) is 6.04 Å². The molecule has 0 radical (unpaired) electrons. The van der Waals surface area contributed by atoms with Crippen LogP contribution in [0.1, 0.15) is 49.8 Å². The maximum Gasteiger partial charge on any atom is 0.0295 e. The number of hydrogen-bond donors (Lipinski definition) is 1. The van der Waals surface area contributed by atoms with Crippen LogP contribution in [0.15, 0.2) is 22.7 Å². The second kappa shape index (κ2) is 6.29. The quantitative estimate of drug-likeness (QED) is 0.791. The van der Waals surface area contributed by atoms with Gasteiger partial charge in [0.1, 0.15) is 0 Å². The van der Waals surface area contributed by atoms with Crippen molar-refractivity contribution in [3.63, 3.8) is 0 Å². The predicted octanol–water partition coefficient (Wildman–Crippen LogP) is 4.34. The summed E-state index contributed by atoms with van der Waals surface area (Å²) in [6.07, 6.45) is 4.85. The molecule has 84 valence electrons. The summed E-state index contributed by atoms with van der Waals surface area (Å²) in [7, 11) is 0. The zero-order chi connectivity index (χ0) is 11.3. The molecule has 0 amide bonds. The molecule has 1 nitrogen and oxygen atoms in total. The second-order valence-corrected chi connectivity index (χ2v) is 5.08. The third kappa shape index (κ3) is 4.35.